The van der Waals surface area contributed by atoms with Crippen LogP contribution in [0.2, 0.25) is 0 Å². The van der Waals surface area contributed by atoms with E-state index in [1.807, 2.05) is 0 Å². The molecule has 0 bridgehead atoms. The van der Waals surface area contributed by atoms with Gasteiger partial charge in [0.15, 0.2) is 0 Å². The molecule has 97 valence electrons. The molecule has 1 aromatic heterocycles. The van der Waals surface area contributed by atoms with E-state index in [1.54, 1.807) is 5.30 Å². The third-order valence-electron chi connectivity index (χ3n) is 2.87. The minimum absolute atomic E-state index is 0. The second kappa shape index (κ2) is 10.5. The fourth-order valence-electron chi connectivity index (χ4n) is 1.74. The monoisotopic (exact) mass is 397 g/mol. The number of aryl methyl sites for hydroxylation is 1. The Balaban J connectivity index is -0.000000562. The van der Waals surface area contributed by atoms with Gasteiger partial charge >= 0.3 is 26.2 Å². The predicted molar refractivity (Wildman–Crippen MR) is 65.6 cm³/mol. The molecule has 0 aliphatic heterocycles. The summed E-state index contributed by atoms with van der Waals surface area (Å²) in [4.78, 5) is 0. The second-order valence-electron chi connectivity index (χ2n) is 3.74. The van der Waals surface area contributed by atoms with Gasteiger partial charge < -0.3 is 37.2 Å². The van der Waals surface area contributed by atoms with Crippen LogP contribution >= 0.6 is 8.19 Å². The Morgan fingerprint density at radius 1 is 0.778 bits per heavy atom. The van der Waals surface area contributed by atoms with E-state index < -0.39 is 0 Å². The first-order chi connectivity index (χ1) is 6.70. The van der Waals surface area contributed by atoms with E-state index in [1.165, 1.54) is 22.0 Å². The van der Waals surface area contributed by atoms with Crippen LogP contribution in [0.5, 0.6) is 0 Å². The molecule has 0 amide bonds. The van der Waals surface area contributed by atoms with Crippen LogP contribution < -0.4 is 37.2 Å². The van der Waals surface area contributed by atoms with E-state index >= 15 is 0 Å². The Bertz CT molecular complexity index is 455. The molecule has 0 nitrogen and oxygen atoms in total. The fraction of sp³-hybridized carbons (Fsp3) is 0.231. The van der Waals surface area contributed by atoms with E-state index in [4.69, 9.17) is 0 Å². The molecule has 0 aliphatic rings. The van der Waals surface area contributed by atoms with Crippen molar-refractivity contribution in [3.8, 4) is 10.9 Å². The van der Waals surface area contributed by atoms with Gasteiger partial charge in [0.1, 0.15) is 0 Å². The predicted octanol–water partition coefficient (Wildman–Crippen LogP) is -4.68. The Hall–Kier alpha value is 0.753. The normalized spacial score (nSPS) is 8.61. The summed E-state index contributed by atoms with van der Waals surface area (Å²) in [6, 6.07) is 10.7. The maximum Gasteiger partial charge on any atom is 3.00 e. The third-order valence-corrected chi connectivity index (χ3v) is 4.54. The first kappa shape index (κ1) is 23.8. The van der Waals surface area contributed by atoms with Crippen LogP contribution in [0.15, 0.2) is 30.3 Å². The van der Waals surface area contributed by atoms with Crippen LogP contribution in [0, 0.1) is 20.8 Å². The van der Waals surface area contributed by atoms with Crippen LogP contribution in [0.1, 0.15) is 16.4 Å². The number of hydrogen-bond acceptors (Lipinski definition) is 0. The van der Waals surface area contributed by atoms with E-state index in [2.05, 4.69) is 51.1 Å². The second-order valence-corrected chi connectivity index (χ2v) is 5.24. The SMILES string of the molecule is Cc1[pH]c(-c2ccccc2)c(C)c1C.[Cl-].[Cl-].[Cl-].[Zr+3]. The summed E-state index contributed by atoms with van der Waals surface area (Å²) in [5.74, 6) is 0. The van der Waals surface area contributed by atoms with Crippen molar-refractivity contribution < 1.29 is 63.4 Å². The Labute approximate surface area is 149 Å². The fourth-order valence-corrected chi connectivity index (χ4v) is 3.17. The third kappa shape index (κ3) is 5.03. The van der Waals surface area contributed by atoms with Gasteiger partial charge in [-0.15, -0.1) is 8.19 Å². The van der Waals surface area contributed by atoms with Gasteiger partial charge in [-0.25, -0.2) is 0 Å². The van der Waals surface area contributed by atoms with Gasteiger partial charge in [0.25, 0.3) is 0 Å². The Morgan fingerprint density at radius 3 is 1.67 bits per heavy atom. The van der Waals surface area contributed by atoms with E-state index in [-0.39, 0.29) is 63.4 Å². The zero-order chi connectivity index (χ0) is 10.1. The van der Waals surface area contributed by atoms with Gasteiger partial charge in [-0.05, 0) is 42.8 Å². The quantitative estimate of drug-likeness (QED) is 0.452. The summed E-state index contributed by atoms with van der Waals surface area (Å²) in [6.07, 6.45) is 0. The van der Waals surface area contributed by atoms with Crippen LogP contribution in [-0.2, 0) is 26.2 Å². The van der Waals surface area contributed by atoms with Gasteiger partial charge in [0.05, 0.1) is 0 Å². The molecule has 0 saturated heterocycles. The molecule has 1 unspecified atom stereocenters. The summed E-state index contributed by atoms with van der Waals surface area (Å²) >= 11 is 0. The van der Waals surface area contributed by atoms with Crippen LogP contribution in [0.3, 0.4) is 0 Å². The maximum absolute atomic E-state index is 2.24. The zero-order valence-corrected chi connectivity index (χ0v) is 16.2. The molecule has 18 heavy (non-hydrogen) atoms. The van der Waals surface area contributed by atoms with Gasteiger partial charge in [0, 0.05) is 5.30 Å². The molecule has 0 spiro atoms. The minimum Gasteiger partial charge on any atom is -1.00 e. The van der Waals surface area contributed by atoms with Gasteiger partial charge in [-0.1, -0.05) is 30.3 Å². The summed E-state index contributed by atoms with van der Waals surface area (Å²) in [5, 5.41) is 3.07. The minimum atomic E-state index is 0. The number of hydrogen-bond donors (Lipinski definition) is 0. The molecular weight excluding hydrogens is 385 g/mol. The summed E-state index contributed by atoms with van der Waals surface area (Å²) in [6.45, 7) is 6.71. The van der Waals surface area contributed by atoms with E-state index in [9.17, 15) is 0 Å². The summed E-state index contributed by atoms with van der Waals surface area (Å²) in [5.41, 5.74) is 4.36. The van der Waals surface area contributed by atoms with Crippen LogP contribution in [-0.4, -0.2) is 0 Å². The first-order valence-electron chi connectivity index (χ1n) is 4.91. The van der Waals surface area contributed by atoms with Crippen molar-refractivity contribution in [3.05, 3.63) is 46.8 Å². The number of halogens is 3. The molecule has 1 heterocycles. The van der Waals surface area contributed by atoms with Gasteiger partial charge in [-0.3, -0.25) is 0 Å². The van der Waals surface area contributed by atoms with Crippen molar-refractivity contribution in [2.45, 2.75) is 20.8 Å². The molecule has 1 aromatic carbocycles. The van der Waals surface area contributed by atoms with Crippen molar-refractivity contribution >= 4 is 8.19 Å². The van der Waals surface area contributed by atoms with Crippen molar-refractivity contribution in [3.63, 3.8) is 0 Å². The molecule has 0 saturated carbocycles. The summed E-state index contributed by atoms with van der Waals surface area (Å²) in [7, 11) is 0.871. The molecule has 0 N–H and O–H groups in total. The van der Waals surface area contributed by atoms with Crippen LogP contribution in [0.4, 0.5) is 0 Å². The molecule has 2 aromatic rings. The molecule has 1 radical (unpaired) electrons. The molecule has 0 fully saturated rings. The molecular formula is C13H15Cl3PZr. The average Bonchev–Trinajstić information content (AvgIpc) is 2.47. The Kier molecular flexibility index (Phi) is 13.9. The smallest absolute Gasteiger partial charge is 1.00 e. The van der Waals surface area contributed by atoms with Crippen molar-refractivity contribution in [1.29, 1.82) is 0 Å². The van der Waals surface area contributed by atoms with Crippen molar-refractivity contribution in [2.75, 3.05) is 0 Å². The zero-order valence-electron chi connectivity index (χ0n) is 10.5. The standard InChI is InChI=1S/C13H15P.3ClH.Zr/c1-9-10(2)13(14-11(9)3)12-7-5-4-6-8-12;;;;/h4-8,14H,1-3H3;3*1H;/q;;;;+3/p-3. The van der Waals surface area contributed by atoms with Gasteiger partial charge in [0.2, 0.25) is 0 Å². The molecule has 0 aliphatic carbocycles. The first-order valence-corrected chi connectivity index (χ1v) is 5.91. The largest absolute Gasteiger partial charge is 3.00 e. The van der Waals surface area contributed by atoms with E-state index in [0.717, 1.165) is 8.19 Å². The molecule has 5 heteroatoms. The van der Waals surface area contributed by atoms with Crippen molar-refractivity contribution in [2.24, 2.45) is 0 Å². The van der Waals surface area contributed by atoms with E-state index in [0.29, 0.717) is 0 Å². The van der Waals surface area contributed by atoms with Crippen LogP contribution in [0.25, 0.3) is 10.9 Å². The molecule has 1 atom stereocenters. The summed E-state index contributed by atoms with van der Waals surface area (Å²) < 4.78 is 0. The maximum atomic E-state index is 2.24. The topological polar surface area (TPSA) is 0 Å². The average molecular weight is 400 g/mol. The van der Waals surface area contributed by atoms with Gasteiger partial charge in [-0.2, -0.15) is 0 Å². The van der Waals surface area contributed by atoms with Crippen molar-refractivity contribution in [1.82, 2.24) is 0 Å². The number of rotatable bonds is 1. The number of benzene rings is 1. The molecule has 2 rings (SSSR count). The Morgan fingerprint density at radius 2 is 1.28 bits per heavy atom.